The molecule has 4 atom stereocenters. The molecule has 0 saturated carbocycles. The normalized spacial score (nSPS) is 11.5. The van der Waals surface area contributed by atoms with Crippen LogP contribution in [0.15, 0.2) is 243 Å². The zero-order chi connectivity index (χ0) is 36.8. The van der Waals surface area contributed by atoms with Crippen LogP contribution in [0.25, 0.3) is 0 Å². The maximum atomic E-state index is 2.31. The molecule has 0 saturated heterocycles. The number of rotatable bonds is 12. The molecule has 0 radical (unpaired) electrons. The second kappa shape index (κ2) is 32.8. The summed E-state index contributed by atoms with van der Waals surface area (Å²) in [6.45, 7) is 0. The van der Waals surface area contributed by atoms with Gasteiger partial charge in [0.2, 0.25) is 0 Å². The molecule has 8 aromatic rings. The van der Waals surface area contributed by atoms with Crippen LogP contribution >= 0.6 is 34.3 Å². The fourth-order valence-electron chi connectivity index (χ4n) is 5.04. The Morgan fingerprint density at radius 1 is 0.273 bits per heavy atom. The molecule has 276 valence electrons. The molecule has 0 bridgehead atoms. The Kier molecular flexibility index (Phi) is 29.2. The second-order valence-corrected chi connectivity index (χ2v) is 17.4. The Hall–Kier alpha value is -2.23. The molecular formula is C49H52P4Zr2. The van der Waals surface area contributed by atoms with E-state index in [1.54, 1.807) is 0 Å². The topological polar surface area (TPSA) is 0 Å². The van der Waals surface area contributed by atoms with Crippen LogP contribution in [0, 0.1) is 5.41 Å². The van der Waals surface area contributed by atoms with Crippen molar-refractivity contribution in [3.05, 3.63) is 243 Å². The zero-order valence-electron chi connectivity index (χ0n) is 31.4. The molecule has 0 spiro atoms. The first-order chi connectivity index (χ1) is 26.3. The predicted octanol–water partition coefficient (Wildman–Crippen LogP) is 11.6. The van der Waals surface area contributed by atoms with Gasteiger partial charge in [0.25, 0.3) is 0 Å². The molecule has 0 fully saturated rings. The van der Waals surface area contributed by atoms with Gasteiger partial charge in [0.15, 0.2) is 0 Å². The van der Waals surface area contributed by atoms with Crippen LogP contribution in [0.2, 0.25) is 0 Å². The fraction of sp³-hybridized carbons (Fsp3) is 0.102. The molecule has 55 heavy (non-hydrogen) atoms. The van der Waals surface area contributed by atoms with Crippen LogP contribution in [-0.2, 0) is 52.4 Å². The molecule has 4 unspecified atom stereocenters. The minimum Gasteiger partial charge on any atom is -0.214 e. The van der Waals surface area contributed by atoms with Gasteiger partial charge >= 0.3 is 52.4 Å². The van der Waals surface area contributed by atoms with Gasteiger partial charge in [0, 0.05) is 0 Å². The van der Waals surface area contributed by atoms with Crippen LogP contribution in [0.5, 0.6) is 0 Å². The van der Waals surface area contributed by atoms with Crippen LogP contribution in [0.1, 0.15) is 0 Å². The van der Waals surface area contributed by atoms with E-state index in [-0.39, 0.29) is 52.4 Å². The molecule has 8 rings (SSSR count). The summed E-state index contributed by atoms with van der Waals surface area (Å²) < 4.78 is 0. The summed E-state index contributed by atoms with van der Waals surface area (Å²) in [4.78, 5) is 0. The van der Waals surface area contributed by atoms with Crippen molar-refractivity contribution < 1.29 is 52.4 Å². The average Bonchev–Trinajstić information content (AvgIpc) is 4.10. The number of benzene rings is 4. The third-order valence-corrected chi connectivity index (χ3v) is 14.7. The SMILES string of the molecule is [Zr+2].[Zr+2].c1cc[cH-]c1.c1cc[cH-]c1.c1cc[cH-]c1.c1cc[cH-]c1.c1ccc(PCC(CPc2ccccc2)(CPc2ccccc2)CPc2ccccc2)cc1. The Balaban J connectivity index is 0.000000380. The van der Waals surface area contributed by atoms with Crippen molar-refractivity contribution >= 4 is 55.5 Å². The van der Waals surface area contributed by atoms with Gasteiger partial charge in [-0.25, -0.2) is 48.5 Å². The van der Waals surface area contributed by atoms with Gasteiger partial charge in [-0.2, -0.15) is 72.8 Å². The van der Waals surface area contributed by atoms with E-state index >= 15 is 0 Å². The third kappa shape index (κ3) is 23.6. The van der Waals surface area contributed by atoms with Gasteiger partial charge in [-0.15, -0.1) is 0 Å². The Morgan fingerprint density at radius 3 is 0.600 bits per heavy atom. The first-order valence-electron chi connectivity index (χ1n) is 18.1. The molecule has 0 nitrogen and oxygen atoms in total. The largest absolute Gasteiger partial charge is 2.00 e. The van der Waals surface area contributed by atoms with E-state index in [4.69, 9.17) is 0 Å². The first kappa shape index (κ1) is 48.9. The molecule has 8 aromatic carbocycles. The quantitative estimate of drug-likeness (QED) is 0.0846. The van der Waals surface area contributed by atoms with Crippen molar-refractivity contribution in [1.82, 2.24) is 0 Å². The smallest absolute Gasteiger partial charge is 0.214 e. The van der Waals surface area contributed by atoms with Crippen molar-refractivity contribution in [2.45, 2.75) is 0 Å². The van der Waals surface area contributed by atoms with Crippen LogP contribution in [-0.4, -0.2) is 24.6 Å². The molecule has 0 aliphatic heterocycles. The second-order valence-electron chi connectivity index (χ2n) is 12.2. The maximum absolute atomic E-state index is 2.31. The molecule has 0 N–H and O–H groups in total. The van der Waals surface area contributed by atoms with Gasteiger partial charge in [0.05, 0.1) is 0 Å². The molecular weight excluding hydrogens is 895 g/mol. The van der Waals surface area contributed by atoms with Gasteiger partial charge in [-0.1, -0.05) is 156 Å². The molecule has 0 aliphatic carbocycles. The van der Waals surface area contributed by atoms with Crippen LogP contribution < -0.4 is 21.2 Å². The van der Waals surface area contributed by atoms with E-state index in [1.165, 1.54) is 45.9 Å². The maximum Gasteiger partial charge on any atom is 2.00 e. The van der Waals surface area contributed by atoms with E-state index in [0.717, 1.165) is 34.3 Å². The van der Waals surface area contributed by atoms with Crippen molar-refractivity contribution in [3.63, 3.8) is 0 Å². The molecule has 0 heterocycles. The summed E-state index contributed by atoms with van der Waals surface area (Å²) in [6, 6.07) is 84.5. The number of hydrogen-bond acceptors (Lipinski definition) is 0. The summed E-state index contributed by atoms with van der Waals surface area (Å²) in [5, 5.41) is 5.99. The van der Waals surface area contributed by atoms with Gasteiger partial charge in [0.1, 0.15) is 0 Å². The standard InChI is InChI=1S/C29H32P4.4C5H5.2Zr/c1-5-13-25(14-6-1)30-21-29(22-31-26-15-7-2-8-16-26,23-32-27-17-9-3-10-18-27)24-33-28-19-11-4-12-20-28;4*1-2-4-5-3-1;;/h1-20,30-33H,21-24H2;4*1-5H;;/q;4*-1;2*+2. The Bertz CT molecular complexity index is 1490. The summed E-state index contributed by atoms with van der Waals surface area (Å²) >= 11 is 0. The molecule has 6 heteroatoms. The summed E-state index contributed by atoms with van der Waals surface area (Å²) in [5.41, 5.74) is 0.366. The minimum absolute atomic E-state index is 0. The van der Waals surface area contributed by atoms with Crippen LogP contribution in [0.3, 0.4) is 0 Å². The van der Waals surface area contributed by atoms with Gasteiger partial charge < -0.3 is 0 Å². The van der Waals surface area contributed by atoms with Gasteiger partial charge in [-0.3, -0.25) is 0 Å². The molecule has 0 aliphatic rings. The third-order valence-electron chi connectivity index (χ3n) is 7.99. The summed E-state index contributed by atoms with van der Waals surface area (Å²) in [5.74, 6) is 0. The van der Waals surface area contributed by atoms with E-state index < -0.39 is 0 Å². The Labute approximate surface area is 377 Å². The van der Waals surface area contributed by atoms with Crippen molar-refractivity contribution in [3.8, 4) is 0 Å². The van der Waals surface area contributed by atoms with E-state index in [9.17, 15) is 0 Å². The summed E-state index contributed by atoms with van der Waals surface area (Å²) in [6.07, 6.45) is 5.15. The molecule has 0 aromatic heterocycles. The summed E-state index contributed by atoms with van der Waals surface area (Å²) in [7, 11) is 3.49. The first-order valence-corrected chi connectivity index (χ1v) is 23.0. The predicted molar refractivity (Wildman–Crippen MR) is 248 cm³/mol. The average molecular weight is 947 g/mol. The number of hydrogen-bond donors (Lipinski definition) is 0. The zero-order valence-corrected chi connectivity index (χ0v) is 40.3. The van der Waals surface area contributed by atoms with Crippen LogP contribution in [0.4, 0.5) is 0 Å². The monoisotopic (exact) mass is 944 g/mol. The van der Waals surface area contributed by atoms with E-state index in [2.05, 4.69) is 121 Å². The minimum atomic E-state index is 0. The van der Waals surface area contributed by atoms with E-state index in [0.29, 0.717) is 5.41 Å². The molecule has 0 amide bonds. The van der Waals surface area contributed by atoms with Crippen molar-refractivity contribution in [2.75, 3.05) is 24.6 Å². The Morgan fingerprint density at radius 2 is 0.455 bits per heavy atom. The van der Waals surface area contributed by atoms with E-state index in [1.807, 2.05) is 121 Å². The van der Waals surface area contributed by atoms with Crippen molar-refractivity contribution in [2.24, 2.45) is 5.41 Å². The van der Waals surface area contributed by atoms with Crippen molar-refractivity contribution in [1.29, 1.82) is 0 Å². The van der Waals surface area contributed by atoms with Gasteiger partial charge in [-0.05, 0) is 51.3 Å². The fourth-order valence-corrected chi connectivity index (χ4v) is 12.1.